The average Bonchev–Trinajstić information content (AvgIpc) is 2.90. The molecule has 0 aliphatic carbocycles. The number of pyridine rings is 1. The van der Waals surface area contributed by atoms with Gasteiger partial charge in [0.05, 0.1) is 6.04 Å². The second-order valence-corrected chi connectivity index (χ2v) is 4.64. The van der Waals surface area contributed by atoms with Crippen molar-refractivity contribution in [1.82, 2.24) is 20.1 Å². The van der Waals surface area contributed by atoms with E-state index in [2.05, 4.69) is 35.3 Å². The Kier molecular flexibility index (Phi) is 4.10. The number of aryl methyl sites for hydroxylation is 1. The van der Waals surface area contributed by atoms with Crippen LogP contribution >= 0.6 is 0 Å². The van der Waals surface area contributed by atoms with Crippen molar-refractivity contribution in [2.24, 2.45) is 0 Å². The first-order valence-corrected chi connectivity index (χ1v) is 6.31. The minimum Gasteiger partial charge on any atom is -0.308 e. The maximum atomic E-state index is 4.29. The summed E-state index contributed by atoms with van der Waals surface area (Å²) in [6.45, 7) is 7.23. The third kappa shape index (κ3) is 2.96. The van der Waals surface area contributed by atoms with Gasteiger partial charge in [-0.2, -0.15) is 5.10 Å². The summed E-state index contributed by atoms with van der Waals surface area (Å²) in [6, 6.07) is 6.72. The summed E-state index contributed by atoms with van der Waals surface area (Å²) in [4.78, 5) is 4.29. The molecule has 0 saturated carbocycles. The van der Waals surface area contributed by atoms with E-state index in [1.807, 2.05) is 42.3 Å². The number of hydrogen-bond acceptors (Lipinski definition) is 3. The molecule has 2 aromatic rings. The molecule has 0 aliphatic rings. The fraction of sp³-hybridized carbons (Fsp3) is 0.429. The van der Waals surface area contributed by atoms with Gasteiger partial charge in [0.1, 0.15) is 0 Å². The van der Waals surface area contributed by atoms with E-state index in [1.165, 1.54) is 5.56 Å². The molecule has 2 aromatic heterocycles. The molecule has 0 aliphatic heterocycles. The highest BCUT2D eigenvalue weighted by Crippen LogP contribution is 2.10. The summed E-state index contributed by atoms with van der Waals surface area (Å²) in [6.07, 6.45) is 5.64. The molecule has 0 radical (unpaired) electrons. The molecule has 18 heavy (non-hydrogen) atoms. The van der Waals surface area contributed by atoms with Gasteiger partial charge >= 0.3 is 0 Å². The molecule has 4 nitrogen and oxygen atoms in total. The summed E-state index contributed by atoms with van der Waals surface area (Å²) in [7, 11) is 0. The first-order valence-electron chi connectivity index (χ1n) is 6.31. The van der Waals surface area contributed by atoms with Crippen molar-refractivity contribution in [2.45, 2.75) is 39.4 Å². The second kappa shape index (κ2) is 5.78. The van der Waals surface area contributed by atoms with Gasteiger partial charge in [0.2, 0.25) is 0 Å². The highest BCUT2D eigenvalue weighted by Gasteiger charge is 2.13. The van der Waals surface area contributed by atoms with Gasteiger partial charge in [-0.1, -0.05) is 6.07 Å². The van der Waals surface area contributed by atoms with E-state index in [9.17, 15) is 0 Å². The Morgan fingerprint density at radius 3 is 2.78 bits per heavy atom. The summed E-state index contributed by atoms with van der Waals surface area (Å²) in [5, 5.41) is 7.80. The third-order valence-corrected chi connectivity index (χ3v) is 3.40. The Morgan fingerprint density at radius 1 is 1.28 bits per heavy atom. The highest BCUT2D eigenvalue weighted by molar-refractivity contribution is 5.17. The van der Waals surface area contributed by atoms with E-state index in [0.29, 0.717) is 12.1 Å². The molecule has 1 N–H and O–H groups in total. The van der Waals surface area contributed by atoms with Gasteiger partial charge in [-0.15, -0.1) is 0 Å². The molecular formula is C14H20N4. The largest absolute Gasteiger partial charge is 0.308 e. The number of nitrogens with one attached hydrogen (secondary N) is 1. The lowest BCUT2D eigenvalue weighted by Crippen LogP contribution is -2.33. The summed E-state index contributed by atoms with van der Waals surface area (Å²) >= 11 is 0. The summed E-state index contributed by atoms with van der Waals surface area (Å²) in [5.74, 6) is 0. The molecule has 2 heterocycles. The van der Waals surface area contributed by atoms with Crippen molar-refractivity contribution in [3.05, 3.63) is 48.0 Å². The van der Waals surface area contributed by atoms with Crippen LogP contribution < -0.4 is 5.32 Å². The van der Waals surface area contributed by atoms with Gasteiger partial charge in [-0.3, -0.25) is 9.67 Å². The standard InChI is InChI=1S/C14H20N4/c1-11(13(3)18-9-5-8-17-18)16-10-14-6-4-7-15-12(14)2/h4-9,11,13,16H,10H2,1-3H3/t11-,13+/m1/s1. The van der Waals surface area contributed by atoms with Crippen molar-refractivity contribution in [1.29, 1.82) is 0 Å². The second-order valence-electron chi connectivity index (χ2n) is 4.64. The van der Waals surface area contributed by atoms with Crippen molar-refractivity contribution < 1.29 is 0 Å². The van der Waals surface area contributed by atoms with Crippen LogP contribution in [-0.4, -0.2) is 20.8 Å². The molecule has 0 fully saturated rings. The van der Waals surface area contributed by atoms with Crippen LogP contribution in [0.2, 0.25) is 0 Å². The van der Waals surface area contributed by atoms with Crippen molar-refractivity contribution >= 4 is 0 Å². The Labute approximate surface area is 108 Å². The number of aromatic nitrogens is 3. The fourth-order valence-corrected chi connectivity index (χ4v) is 1.90. The lowest BCUT2D eigenvalue weighted by atomic mass is 10.1. The van der Waals surface area contributed by atoms with Gasteiger partial charge < -0.3 is 5.32 Å². The van der Waals surface area contributed by atoms with Crippen LogP contribution in [0.3, 0.4) is 0 Å². The molecule has 0 spiro atoms. The monoisotopic (exact) mass is 244 g/mol. The molecule has 0 aromatic carbocycles. The molecular weight excluding hydrogens is 224 g/mol. The van der Waals surface area contributed by atoms with Crippen LogP contribution in [0.1, 0.15) is 31.1 Å². The van der Waals surface area contributed by atoms with Crippen LogP contribution in [0.25, 0.3) is 0 Å². The number of rotatable bonds is 5. The predicted octanol–water partition coefficient (Wildman–Crippen LogP) is 2.33. The van der Waals surface area contributed by atoms with Crippen LogP contribution in [0, 0.1) is 6.92 Å². The van der Waals surface area contributed by atoms with Gasteiger partial charge in [0.25, 0.3) is 0 Å². The maximum absolute atomic E-state index is 4.29. The van der Waals surface area contributed by atoms with E-state index in [0.717, 1.165) is 12.2 Å². The van der Waals surface area contributed by atoms with Crippen molar-refractivity contribution in [3.8, 4) is 0 Å². The normalized spacial score (nSPS) is 14.4. The molecule has 0 unspecified atom stereocenters. The minimum atomic E-state index is 0.331. The molecule has 0 saturated heterocycles. The predicted molar refractivity (Wildman–Crippen MR) is 72.2 cm³/mol. The smallest absolute Gasteiger partial charge is 0.0641 e. The van der Waals surface area contributed by atoms with Crippen LogP contribution in [0.4, 0.5) is 0 Å². The lowest BCUT2D eigenvalue weighted by Gasteiger charge is -2.22. The molecule has 2 rings (SSSR count). The first-order chi connectivity index (χ1) is 8.68. The van der Waals surface area contributed by atoms with E-state index >= 15 is 0 Å². The lowest BCUT2D eigenvalue weighted by molar-refractivity contribution is 0.364. The first kappa shape index (κ1) is 12.8. The van der Waals surface area contributed by atoms with Gasteiger partial charge in [-0.05, 0) is 38.5 Å². The van der Waals surface area contributed by atoms with E-state index in [1.54, 1.807) is 0 Å². The van der Waals surface area contributed by atoms with Gasteiger partial charge in [0.15, 0.2) is 0 Å². The Bertz CT molecular complexity index is 478. The van der Waals surface area contributed by atoms with Gasteiger partial charge in [-0.25, -0.2) is 0 Å². The Balaban J connectivity index is 1.92. The van der Waals surface area contributed by atoms with E-state index < -0.39 is 0 Å². The van der Waals surface area contributed by atoms with E-state index in [-0.39, 0.29) is 0 Å². The maximum Gasteiger partial charge on any atom is 0.0641 e. The molecule has 2 atom stereocenters. The highest BCUT2D eigenvalue weighted by atomic mass is 15.3. The Morgan fingerprint density at radius 2 is 2.11 bits per heavy atom. The van der Waals surface area contributed by atoms with E-state index in [4.69, 9.17) is 0 Å². The topological polar surface area (TPSA) is 42.7 Å². The number of nitrogens with zero attached hydrogens (tertiary/aromatic N) is 3. The Hall–Kier alpha value is -1.68. The molecule has 0 amide bonds. The van der Waals surface area contributed by atoms with Crippen LogP contribution in [0.5, 0.6) is 0 Å². The zero-order valence-electron chi connectivity index (χ0n) is 11.2. The zero-order valence-corrected chi connectivity index (χ0v) is 11.2. The quantitative estimate of drug-likeness (QED) is 0.877. The van der Waals surface area contributed by atoms with Gasteiger partial charge in [0, 0.05) is 36.9 Å². The molecule has 96 valence electrons. The minimum absolute atomic E-state index is 0.331. The fourth-order valence-electron chi connectivity index (χ4n) is 1.90. The summed E-state index contributed by atoms with van der Waals surface area (Å²) in [5.41, 5.74) is 2.33. The van der Waals surface area contributed by atoms with Crippen LogP contribution in [-0.2, 0) is 6.54 Å². The van der Waals surface area contributed by atoms with Crippen molar-refractivity contribution in [3.63, 3.8) is 0 Å². The molecule has 4 heteroatoms. The summed E-state index contributed by atoms with van der Waals surface area (Å²) < 4.78 is 1.98. The van der Waals surface area contributed by atoms with Crippen molar-refractivity contribution in [2.75, 3.05) is 0 Å². The SMILES string of the molecule is Cc1ncccc1CN[C@H](C)[C@H](C)n1cccn1. The third-order valence-electron chi connectivity index (χ3n) is 3.40. The average molecular weight is 244 g/mol. The molecule has 0 bridgehead atoms. The zero-order chi connectivity index (χ0) is 13.0. The van der Waals surface area contributed by atoms with Crippen LogP contribution in [0.15, 0.2) is 36.8 Å². The number of hydrogen-bond donors (Lipinski definition) is 1.